The van der Waals surface area contributed by atoms with Gasteiger partial charge in [0.25, 0.3) is 5.91 Å². The molecule has 3 N–H and O–H groups in total. The van der Waals surface area contributed by atoms with Crippen LogP contribution in [-0.2, 0) is 9.53 Å². The lowest BCUT2D eigenvalue weighted by molar-refractivity contribution is -0.146. The first kappa shape index (κ1) is 12.4. The number of nitrogens with zero attached hydrogens (tertiary/aromatic N) is 2. The smallest absolute Gasteiger partial charge is 0.310 e. The van der Waals surface area contributed by atoms with Crippen molar-refractivity contribution in [3.8, 4) is 0 Å². The van der Waals surface area contributed by atoms with E-state index in [1.807, 2.05) is 6.92 Å². The fraction of sp³-hybridized carbons (Fsp3) is 0.545. The van der Waals surface area contributed by atoms with Crippen molar-refractivity contribution in [1.29, 1.82) is 0 Å². The van der Waals surface area contributed by atoms with Crippen molar-refractivity contribution < 1.29 is 14.3 Å². The summed E-state index contributed by atoms with van der Waals surface area (Å²) >= 11 is 0. The van der Waals surface area contributed by atoms with Crippen molar-refractivity contribution in [3.05, 3.63) is 11.9 Å². The summed E-state index contributed by atoms with van der Waals surface area (Å²) in [6, 6.07) is 0. The lowest BCUT2D eigenvalue weighted by atomic mass is 9.99. The number of aromatic nitrogens is 2. The van der Waals surface area contributed by atoms with E-state index in [1.54, 1.807) is 4.90 Å². The Labute approximate surface area is 104 Å². The highest BCUT2D eigenvalue weighted by molar-refractivity contribution is 5.97. The minimum absolute atomic E-state index is 0.0746. The summed E-state index contributed by atoms with van der Waals surface area (Å²) in [5.74, 6) is -0.715. The highest BCUT2D eigenvalue weighted by Gasteiger charge is 2.38. The van der Waals surface area contributed by atoms with Crippen molar-refractivity contribution in [3.63, 3.8) is 0 Å². The second kappa shape index (κ2) is 4.67. The van der Waals surface area contributed by atoms with Crippen LogP contribution in [0.4, 0.5) is 5.69 Å². The zero-order valence-corrected chi connectivity index (χ0v) is 10.3. The van der Waals surface area contributed by atoms with Gasteiger partial charge < -0.3 is 15.4 Å². The molecule has 0 aromatic carbocycles. The van der Waals surface area contributed by atoms with Crippen LogP contribution < -0.4 is 5.73 Å². The van der Waals surface area contributed by atoms with Gasteiger partial charge >= 0.3 is 5.97 Å². The van der Waals surface area contributed by atoms with Crippen LogP contribution in [0.2, 0.25) is 0 Å². The molecule has 0 spiro atoms. The number of hydrogen-bond donors (Lipinski definition) is 2. The summed E-state index contributed by atoms with van der Waals surface area (Å²) in [7, 11) is 1.35. The predicted molar refractivity (Wildman–Crippen MR) is 63.6 cm³/mol. The molecule has 1 fully saturated rings. The van der Waals surface area contributed by atoms with Gasteiger partial charge in [-0.1, -0.05) is 6.92 Å². The molecule has 98 valence electrons. The number of aromatic amines is 1. The van der Waals surface area contributed by atoms with Crippen LogP contribution in [0.1, 0.15) is 17.4 Å². The first-order valence-electron chi connectivity index (χ1n) is 5.70. The summed E-state index contributed by atoms with van der Waals surface area (Å²) in [6.07, 6.45) is 1.39. The van der Waals surface area contributed by atoms with Crippen molar-refractivity contribution in [2.45, 2.75) is 6.92 Å². The highest BCUT2D eigenvalue weighted by atomic mass is 16.5. The molecule has 2 unspecified atom stereocenters. The number of anilines is 1. The van der Waals surface area contributed by atoms with E-state index in [2.05, 4.69) is 10.2 Å². The summed E-state index contributed by atoms with van der Waals surface area (Å²) in [4.78, 5) is 25.3. The third-order valence-electron chi connectivity index (χ3n) is 3.29. The van der Waals surface area contributed by atoms with Gasteiger partial charge in [0.15, 0.2) is 0 Å². The molecule has 1 aromatic heterocycles. The van der Waals surface area contributed by atoms with Gasteiger partial charge in [0, 0.05) is 13.1 Å². The molecule has 7 nitrogen and oxygen atoms in total. The SMILES string of the molecule is COC(=O)C1CN(C(=O)c2[nH]ncc2N)CC1C. The van der Waals surface area contributed by atoms with E-state index in [0.717, 1.165) is 0 Å². The first-order chi connectivity index (χ1) is 8.54. The van der Waals surface area contributed by atoms with Gasteiger partial charge in [-0.2, -0.15) is 5.10 Å². The standard InChI is InChI=1S/C11H16N4O3/c1-6-4-15(5-7(6)11(17)18-2)10(16)9-8(12)3-13-14-9/h3,6-7H,4-5,12H2,1-2H3,(H,13,14). The summed E-state index contributed by atoms with van der Waals surface area (Å²) in [6.45, 7) is 2.79. The van der Waals surface area contributed by atoms with Gasteiger partial charge in [-0.3, -0.25) is 14.7 Å². The molecule has 0 saturated carbocycles. The number of rotatable bonds is 2. The number of esters is 1. The number of methoxy groups -OCH3 is 1. The Morgan fingerprint density at radius 1 is 1.56 bits per heavy atom. The largest absolute Gasteiger partial charge is 0.469 e. The number of H-pyrrole nitrogens is 1. The average molecular weight is 252 g/mol. The Morgan fingerprint density at radius 2 is 2.28 bits per heavy atom. The maximum absolute atomic E-state index is 12.2. The molecule has 2 rings (SSSR count). The van der Waals surface area contributed by atoms with Crippen LogP contribution in [-0.4, -0.2) is 47.2 Å². The summed E-state index contributed by atoms with van der Waals surface area (Å²) in [5, 5.41) is 6.29. The van der Waals surface area contributed by atoms with Gasteiger partial charge in [0.2, 0.25) is 0 Å². The van der Waals surface area contributed by atoms with Crippen LogP contribution in [0.25, 0.3) is 0 Å². The van der Waals surface area contributed by atoms with Crippen LogP contribution in [0.3, 0.4) is 0 Å². The normalized spacial score (nSPS) is 23.1. The monoisotopic (exact) mass is 252 g/mol. The van der Waals surface area contributed by atoms with Crippen LogP contribution in [0, 0.1) is 11.8 Å². The van der Waals surface area contributed by atoms with E-state index in [9.17, 15) is 9.59 Å². The van der Waals surface area contributed by atoms with E-state index in [0.29, 0.717) is 18.8 Å². The molecule has 7 heteroatoms. The predicted octanol–water partition coefficient (Wildman–Crippen LogP) is -0.127. The molecule has 1 amide bonds. The molecule has 1 aliphatic heterocycles. The Bertz CT molecular complexity index is 471. The molecule has 0 aliphatic carbocycles. The number of carbonyl (C=O) groups is 2. The number of hydrogen-bond acceptors (Lipinski definition) is 5. The Hall–Kier alpha value is -2.05. The molecule has 2 atom stereocenters. The number of amides is 1. The lowest BCUT2D eigenvalue weighted by Crippen LogP contribution is -2.31. The van der Waals surface area contributed by atoms with Gasteiger partial charge in [-0.25, -0.2) is 0 Å². The Kier molecular flexibility index (Phi) is 3.22. The van der Waals surface area contributed by atoms with Gasteiger partial charge in [-0.05, 0) is 5.92 Å². The molecule has 1 saturated heterocycles. The van der Waals surface area contributed by atoms with Crippen molar-refractivity contribution in [2.24, 2.45) is 11.8 Å². The summed E-state index contributed by atoms with van der Waals surface area (Å²) in [5.41, 5.74) is 6.22. The number of nitrogens with two attached hydrogens (primary N) is 1. The fourth-order valence-corrected chi connectivity index (χ4v) is 2.22. The minimum Gasteiger partial charge on any atom is -0.469 e. The van der Waals surface area contributed by atoms with Gasteiger partial charge in [-0.15, -0.1) is 0 Å². The zero-order valence-electron chi connectivity index (χ0n) is 10.3. The minimum atomic E-state index is -0.282. The molecular weight excluding hydrogens is 236 g/mol. The number of nitrogens with one attached hydrogen (secondary N) is 1. The van der Waals surface area contributed by atoms with E-state index >= 15 is 0 Å². The van der Waals surface area contributed by atoms with E-state index in [1.165, 1.54) is 13.3 Å². The zero-order chi connectivity index (χ0) is 13.3. The third kappa shape index (κ3) is 2.03. The third-order valence-corrected chi connectivity index (χ3v) is 3.29. The number of likely N-dealkylation sites (tertiary alicyclic amines) is 1. The van der Waals surface area contributed by atoms with E-state index in [-0.39, 0.29) is 29.4 Å². The molecule has 0 bridgehead atoms. The van der Waals surface area contributed by atoms with Gasteiger partial charge in [0.1, 0.15) is 5.69 Å². The second-order valence-electron chi connectivity index (χ2n) is 4.52. The first-order valence-corrected chi connectivity index (χ1v) is 5.70. The maximum Gasteiger partial charge on any atom is 0.310 e. The van der Waals surface area contributed by atoms with E-state index in [4.69, 9.17) is 10.5 Å². The van der Waals surface area contributed by atoms with Crippen LogP contribution >= 0.6 is 0 Å². The van der Waals surface area contributed by atoms with E-state index < -0.39 is 0 Å². The molecule has 2 heterocycles. The topological polar surface area (TPSA) is 101 Å². The highest BCUT2D eigenvalue weighted by Crippen LogP contribution is 2.25. The van der Waals surface area contributed by atoms with Crippen LogP contribution in [0.15, 0.2) is 6.20 Å². The molecular formula is C11H16N4O3. The summed E-state index contributed by atoms with van der Waals surface area (Å²) < 4.78 is 4.73. The fourth-order valence-electron chi connectivity index (χ4n) is 2.22. The molecule has 18 heavy (non-hydrogen) atoms. The molecule has 0 radical (unpaired) electrons. The van der Waals surface area contributed by atoms with Crippen molar-refractivity contribution in [1.82, 2.24) is 15.1 Å². The Morgan fingerprint density at radius 3 is 2.83 bits per heavy atom. The van der Waals surface area contributed by atoms with Crippen molar-refractivity contribution in [2.75, 3.05) is 25.9 Å². The lowest BCUT2D eigenvalue weighted by Gasteiger charge is -2.15. The number of carbonyl (C=O) groups excluding carboxylic acids is 2. The number of ether oxygens (including phenoxy) is 1. The molecule has 1 aliphatic rings. The molecule has 1 aromatic rings. The van der Waals surface area contributed by atoms with Crippen LogP contribution in [0.5, 0.6) is 0 Å². The van der Waals surface area contributed by atoms with Gasteiger partial charge in [0.05, 0.1) is 24.9 Å². The van der Waals surface area contributed by atoms with Crippen molar-refractivity contribution >= 4 is 17.6 Å². The maximum atomic E-state index is 12.2. The average Bonchev–Trinajstić information content (AvgIpc) is 2.93. The second-order valence-corrected chi connectivity index (χ2v) is 4.52. The Balaban J connectivity index is 2.11. The number of nitrogen functional groups attached to an aromatic ring is 1. The quantitative estimate of drug-likeness (QED) is 0.714.